The Labute approximate surface area is 136 Å². The Bertz CT molecular complexity index is 983. The fraction of sp³-hybridized carbons (Fsp3) is 0. The second-order valence-electron chi connectivity index (χ2n) is 5.11. The van der Waals surface area contributed by atoms with Crippen LogP contribution < -0.4 is 0 Å². The Morgan fingerprint density at radius 3 is 2.78 bits per heavy atom. The van der Waals surface area contributed by atoms with E-state index >= 15 is 0 Å². The van der Waals surface area contributed by atoms with E-state index in [4.69, 9.17) is 0 Å². The number of para-hydroxylation sites is 1. The van der Waals surface area contributed by atoms with Crippen molar-refractivity contribution in [3.63, 3.8) is 0 Å². The molecular weight excluding hydrogens is 306 g/mol. The summed E-state index contributed by atoms with van der Waals surface area (Å²) in [7, 11) is 0. The molecule has 0 fully saturated rings. The Hall–Kier alpha value is -2.92. The smallest absolute Gasteiger partial charge is 0.209 e. The lowest BCUT2D eigenvalue weighted by Gasteiger charge is -1.95. The molecule has 5 heteroatoms. The van der Waals surface area contributed by atoms with Gasteiger partial charge in [0.2, 0.25) is 5.13 Å². The number of hydrogen-bond acceptors (Lipinski definition) is 4. The number of nitrogens with zero attached hydrogens (tertiary/aromatic N) is 2. The number of nitrogens with one attached hydrogen (secondary N) is 1. The topological polar surface area (TPSA) is 61.3 Å². The molecule has 0 spiro atoms. The highest BCUT2D eigenvalue weighted by Gasteiger charge is 2.04. The third-order valence-corrected chi connectivity index (χ3v) is 4.34. The fourth-order valence-electron chi connectivity index (χ4n) is 2.41. The maximum absolute atomic E-state index is 9.34. The van der Waals surface area contributed by atoms with Gasteiger partial charge in [-0.25, -0.2) is 9.98 Å². The van der Waals surface area contributed by atoms with Crippen molar-refractivity contribution in [3.8, 4) is 17.0 Å². The molecule has 0 saturated carbocycles. The Morgan fingerprint density at radius 2 is 1.91 bits per heavy atom. The van der Waals surface area contributed by atoms with E-state index < -0.39 is 0 Å². The van der Waals surface area contributed by atoms with Crippen LogP contribution in [0.3, 0.4) is 0 Å². The molecule has 4 rings (SSSR count). The molecule has 0 unspecified atom stereocenters. The van der Waals surface area contributed by atoms with Crippen molar-refractivity contribution in [2.45, 2.75) is 0 Å². The zero-order valence-electron chi connectivity index (χ0n) is 12.1. The Balaban J connectivity index is 1.61. The van der Waals surface area contributed by atoms with Crippen LogP contribution >= 0.6 is 11.3 Å². The predicted octanol–water partition coefficient (Wildman–Crippen LogP) is 4.75. The minimum atomic E-state index is 0.251. The first-order valence-corrected chi connectivity index (χ1v) is 8.03. The first-order chi connectivity index (χ1) is 11.3. The minimum absolute atomic E-state index is 0.251. The number of rotatable bonds is 3. The number of benzene rings is 2. The van der Waals surface area contributed by atoms with Gasteiger partial charge in [-0.15, -0.1) is 11.3 Å². The van der Waals surface area contributed by atoms with Crippen LogP contribution in [-0.2, 0) is 0 Å². The maximum atomic E-state index is 9.34. The molecule has 23 heavy (non-hydrogen) atoms. The summed E-state index contributed by atoms with van der Waals surface area (Å²) in [6, 6.07) is 15.1. The highest BCUT2D eigenvalue weighted by Crippen LogP contribution is 2.28. The van der Waals surface area contributed by atoms with Crippen LogP contribution in [-0.4, -0.2) is 21.3 Å². The molecule has 2 N–H and O–H groups in total. The standard InChI is InChI=1S/C18H13N3OS/c22-14-7-5-12(6-8-14)17-11-23-18(21-17)20-10-13-9-19-16-4-2-1-3-15(13)16/h1-11,19,22H/b20-10+. The number of aromatic amines is 1. The van der Waals surface area contributed by atoms with Crippen LogP contribution in [0.15, 0.2) is 65.1 Å². The van der Waals surface area contributed by atoms with Crippen LogP contribution in [0.4, 0.5) is 5.13 Å². The SMILES string of the molecule is Oc1ccc(-c2csc(/N=C/c3c[nH]c4ccccc34)n2)cc1. The summed E-state index contributed by atoms with van der Waals surface area (Å²) < 4.78 is 0. The quantitative estimate of drug-likeness (QED) is 0.535. The van der Waals surface area contributed by atoms with Crippen molar-refractivity contribution in [2.24, 2.45) is 4.99 Å². The summed E-state index contributed by atoms with van der Waals surface area (Å²) in [6.07, 6.45) is 3.78. The van der Waals surface area contributed by atoms with Gasteiger partial charge in [-0.05, 0) is 30.3 Å². The number of fused-ring (bicyclic) bond motifs is 1. The van der Waals surface area contributed by atoms with E-state index in [2.05, 4.69) is 21.0 Å². The molecule has 2 heterocycles. The zero-order valence-corrected chi connectivity index (χ0v) is 12.9. The second-order valence-corrected chi connectivity index (χ2v) is 5.95. The van der Waals surface area contributed by atoms with Crippen LogP contribution in [0.1, 0.15) is 5.56 Å². The summed E-state index contributed by atoms with van der Waals surface area (Å²) in [5.41, 5.74) is 3.97. The summed E-state index contributed by atoms with van der Waals surface area (Å²) in [4.78, 5) is 12.2. The molecule has 0 bridgehead atoms. The molecule has 0 aliphatic rings. The van der Waals surface area contributed by atoms with Crippen molar-refractivity contribution in [3.05, 3.63) is 65.7 Å². The van der Waals surface area contributed by atoms with Crippen LogP contribution in [0.2, 0.25) is 0 Å². The molecule has 0 atom stereocenters. The monoisotopic (exact) mass is 319 g/mol. The molecule has 2 aromatic heterocycles. The van der Waals surface area contributed by atoms with Crippen molar-refractivity contribution in [2.75, 3.05) is 0 Å². The zero-order chi connectivity index (χ0) is 15.6. The molecule has 2 aromatic carbocycles. The predicted molar refractivity (Wildman–Crippen MR) is 94.8 cm³/mol. The molecular formula is C18H13N3OS. The lowest BCUT2D eigenvalue weighted by atomic mass is 10.2. The van der Waals surface area contributed by atoms with E-state index in [1.54, 1.807) is 12.1 Å². The third-order valence-electron chi connectivity index (χ3n) is 3.59. The first kappa shape index (κ1) is 13.7. The summed E-state index contributed by atoms with van der Waals surface area (Å²) in [5, 5.41) is 13.2. The Morgan fingerprint density at radius 1 is 1.09 bits per heavy atom. The number of aromatic nitrogens is 2. The second kappa shape index (κ2) is 5.70. The van der Waals surface area contributed by atoms with E-state index in [1.807, 2.05) is 48.1 Å². The van der Waals surface area contributed by atoms with Crippen LogP contribution in [0, 0.1) is 0 Å². The number of phenols is 1. The van der Waals surface area contributed by atoms with Gasteiger partial charge in [0.1, 0.15) is 5.75 Å². The molecule has 0 saturated heterocycles. The van der Waals surface area contributed by atoms with Crippen molar-refractivity contribution < 1.29 is 5.11 Å². The maximum Gasteiger partial charge on any atom is 0.209 e. The van der Waals surface area contributed by atoms with Crippen LogP contribution in [0.5, 0.6) is 5.75 Å². The van der Waals surface area contributed by atoms with Gasteiger partial charge in [0.15, 0.2) is 0 Å². The van der Waals surface area contributed by atoms with Gasteiger partial charge in [-0.3, -0.25) is 0 Å². The lowest BCUT2D eigenvalue weighted by Crippen LogP contribution is -1.78. The number of hydrogen-bond donors (Lipinski definition) is 2. The molecule has 112 valence electrons. The van der Waals surface area contributed by atoms with E-state index in [0.29, 0.717) is 5.13 Å². The number of H-pyrrole nitrogens is 1. The summed E-state index contributed by atoms with van der Waals surface area (Å²) in [5.74, 6) is 0.251. The normalized spacial score (nSPS) is 11.5. The van der Waals surface area contributed by atoms with E-state index in [9.17, 15) is 5.11 Å². The van der Waals surface area contributed by atoms with Gasteiger partial charge in [0.25, 0.3) is 0 Å². The Kier molecular flexibility index (Phi) is 3.40. The number of aromatic hydroxyl groups is 1. The minimum Gasteiger partial charge on any atom is -0.508 e. The van der Waals surface area contributed by atoms with Gasteiger partial charge in [0.05, 0.1) is 5.69 Å². The van der Waals surface area contributed by atoms with Gasteiger partial charge in [0, 0.05) is 39.8 Å². The molecule has 0 aliphatic carbocycles. The molecule has 0 aliphatic heterocycles. The van der Waals surface area contributed by atoms with Crippen molar-refractivity contribution >= 4 is 33.6 Å². The number of aliphatic imine (C=N–C) groups is 1. The van der Waals surface area contributed by atoms with Gasteiger partial charge < -0.3 is 10.1 Å². The van der Waals surface area contributed by atoms with Crippen molar-refractivity contribution in [1.29, 1.82) is 0 Å². The first-order valence-electron chi connectivity index (χ1n) is 7.15. The molecule has 0 amide bonds. The number of phenolic OH excluding ortho intramolecular Hbond substituents is 1. The van der Waals surface area contributed by atoms with Gasteiger partial charge in [-0.2, -0.15) is 0 Å². The molecule has 4 aromatic rings. The largest absolute Gasteiger partial charge is 0.508 e. The van der Waals surface area contributed by atoms with Crippen molar-refractivity contribution in [1.82, 2.24) is 9.97 Å². The van der Waals surface area contributed by atoms with Crippen LogP contribution in [0.25, 0.3) is 22.2 Å². The van der Waals surface area contributed by atoms with E-state index in [1.165, 1.54) is 11.3 Å². The van der Waals surface area contributed by atoms with E-state index in [0.717, 1.165) is 27.7 Å². The van der Waals surface area contributed by atoms with E-state index in [-0.39, 0.29) is 5.75 Å². The average Bonchev–Trinajstić information content (AvgIpc) is 3.20. The summed E-state index contributed by atoms with van der Waals surface area (Å²) >= 11 is 1.49. The van der Waals surface area contributed by atoms with Gasteiger partial charge in [-0.1, -0.05) is 18.2 Å². The fourth-order valence-corrected chi connectivity index (χ4v) is 3.08. The summed E-state index contributed by atoms with van der Waals surface area (Å²) in [6.45, 7) is 0. The number of thiazole rings is 1. The molecule has 0 radical (unpaired) electrons. The third kappa shape index (κ3) is 2.74. The van der Waals surface area contributed by atoms with Gasteiger partial charge >= 0.3 is 0 Å². The average molecular weight is 319 g/mol. The highest BCUT2D eigenvalue weighted by atomic mass is 32.1. The highest BCUT2D eigenvalue weighted by molar-refractivity contribution is 7.13. The lowest BCUT2D eigenvalue weighted by molar-refractivity contribution is 0.475. The molecule has 4 nitrogen and oxygen atoms in total.